The lowest BCUT2D eigenvalue weighted by Gasteiger charge is -2.09. The molecule has 0 aromatic heterocycles. The van der Waals surface area contributed by atoms with E-state index in [0.717, 1.165) is 0 Å². The van der Waals surface area contributed by atoms with Crippen molar-refractivity contribution in [3.8, 4) is 5.75 Å². The average Bonchev–Trinajstić information content (AvgIpc) is 2.36. The summed E-state index contributed by atoms with van der Waals surface area (Å²) in [5.41, 5.74) is 1.47. The Bertz CT molecular complexity index is 643. The number of amides is 1. The van der Waals surface area contributed by atoms with Crippen molar-refractivity contribution in [1.82, 2.24) is 0 Å². The number of carbonyl (C=O) groups excluding carboxylic acids is 1. The monoisotopic (exact) mass is 323 g/mol. The van der Waals surface area contributed by atoms with E-state index in [1.807, 2.05) is 0 Å². The van der Waals surface area contributed by atoms with E-state index in [1.165, 1.54) is 24.3 Å². The maximum Gasteiger partial charge on any atom is 0.255 e. The first-order valence-corrected chi connectivity index (χ1v) is 6.32. The molecule has 0 atom stereocenters. The van der Waals surface area contributed by atoms with Gasteiger partial charge in [0.15, 0.2) is 0 Å². The van der Waals surface area contributed by atoms with Crippen molar-refractivity contribution in [2.24, 2.45) is 0 Å². The van der Waals surface area contributed by atoms with Crippen LogP contribution in [0.2, 0.25) is 0 Å². The van der Waals surface area contributed by atoms with Crippen molar-refractivity contribution < 1.29 is 14.3 Å². The molecule has 0 saturated carbocycles. The van der Waals surface area contributed by atoms with E-state index in [0.29, 0.717) is 16.8 Å². The first kappa shape index (κ1) is 13.5. The summed E-state index contributed by atoms with van der Waals surface area (Å²) in [4.78, 5) is 12.0. The molecule has 19 heavy (non-hydrogen) atoms. The van der Waals surface area contributed by atoms with Crippen molar-refractivity contribution >= 4 is 27.5 Å². The van der Waals surface area contributed by atoms with Crippen LogP contribution in [-0.4, -0.2) is 11.0 Å². The largest absolute Gasteiger partial charge is 0.508 e. The maximum atomic E-state index is 13.3. The number of aryl methyl sites for hydroxylation is 1. The summed E-state index contributed by atoms with van der Waals surface area (Å²) in [7, 11) is 0. The number of aromatic hydroxyl groups is 1. The van der Waals surface area contributed by atoms with Crippen molar-refractivity contribution in [2.75, 3.05) is 5.32 Å². The molecule has 0 heterocycles. The van der Waals surface area contributed by atoms with Gasteiger partial charge in [-0.2, -0.15) is 0 Å². The minimum Gasteiger partial charge on any atom is -0.508 e. The molecule has 5 heteroatoms. The zero-order valence-corrected chi connectivity index (χ0v) is 11.7. The number of phenols is 1. The molecule has 2 N–H and O–H groups in total. The summed E-state index contributed by atoms with van der Waals surface area (Å²) < 4.78 is 13.6. The number of hydrogen-bond donors (Lipinski definition) is 2. The molecule has 0 saturated heterocycles. The second-order valence-corrected chi connectivity index (χ2v) is 4.94. The zero-order chi connectivity index (χ0) is 14.0. The number of hydrogen-bond acceptors (Lipinski definition) is 2. The van der Waals surface area contributed by atoms with Crippen molar-refractivity contribution in [3.05, 3.63) is 57.8 Å². The van der Waals surface area contributed by atoms with Crippen LogP contribution in [0.1, 0.15) is 15.9 Å². The Morgan fingerprint density at radius 3 is 2.74 bits per heavy atom. The van der Waals surface area contributed by atoms with Crippen LogP contribution in [0.15, 0.2) is 40.9 Å². The third kappa shape index (κ3) is 3.12. The first-order valence-electron chi connectivity index (χ1n) is 5.53. The summed E-state index contributed by atoms with van der Waals surface area (Å²) >= 11 is 3.07. The van der Waals surface area contributed by atoms with Gasteiger partial charge in [0.1, 0.15) is 11.6 Å². The highest BCUT2D eigenvalue weighted by molar-refractivity contribution is 9.10. The second kappa shape index (κ2) is 5.40. The Balaban J connectivity index is 2.27. The molecule has 98 valence electrons. The van der Waals surface area contributed by atoms with Gasteiger partial charge in [-0.15, -0.1) is 0 Å². The number of nitrogens with one attached hydrogen (secondary N) is 1. The predicted octanol–water partition coefficient (Wildman–Crippen LogP) is 3.85. The third-order valence-corrected chi connectivity index (χ3v) is 3.23. The van der Waals surface area contributed by atoms with Gasteiger partial charge in [0.25, 0.3) is 5.91 Å². The van der Waals surface area contributed by atoms with Gasteiger partial charge in [0, 0.05) is 11.3 Å². The molecule has 0 unspecified atom stereocenters. The van der Waals surface area contributed by atoms with E-state index in [-0.39, 0.29) is 21.9 Å². The minimum absolute atomic E-state index is 0.0182. The standard InChI is InChI=1S/C14H11BrFNO2/c1-8-5-12(16)11(15)7-13(8)17-14(19)9-3-2-4-10(18)6-9/h2-7,18H,1H3,(H,17,19). The molecule has 0 aliphatic carbocycles. The second-order valence-electron chi connectivity index (χ2n) is 4.09. The highest BCUT2D eigenvalue weighted by Gasteiger charge is 2.10. The van der Waals surface area contributed by atoms with Crippen molar-refractivity contribution in [3.63, 3.8) is 0 Å². The number of halogens is 2. The molecular weight excluding hydrogens is 313 g/mol. The number of benzene rings is 2. The maximum absolute atomic E-state index is 13.3. The Labute approximate surface area is 118 Å². The summed E-state index contributed by atoms with van der Waals surface area (Å²) in [5.74, 6) is -0.727. The number of rotatable bonds is 2. The van der Waals surface area contributed by atoms with Crippen molar-refractivity contribution in [2.45, 2.75) is 6.92 Å². The average molecular weight is 324 g/mol. The minimum atomic E-state index is -0.382. The summed E-state index contributed by atoms with van der Waals surface area (Å²) in [6.45, 7) is 1.70. The summed E-state index contributed by atoms with van der Waals surface area (Å²) in [6, 6.07) is 8.86. The van der Waals surface area contributed by atoms with E-state index >= 15 is 0 Å². The Morgan fingerprint density at radius 1 is 1.32 bits per heavy atom. The van der Waals surface area contributed by atoms with Crippen molar-refractivity contribution in [1.29, 1.82) is 0 Å². The van der Waals surface area contributed by atoms with Gasteiger partial charge in [0.2, 0.25) is 0 Å². The van der Waals surface area contributed by atoms with Crippen LogP contribution in [0, 0.1) is 12.7 Å². The van der Waals surface area contributed by atoms with Crippen LogP contribution in [0.3, 0.4) is 0 Å². The molecule has 0 bridgehead atoms. The number of anilines is 1. The van der Waals surface area contributed by atoms with E-state index in [9.17, 15) is 14.3 Å². The Hall–Kier alpha value is -1.88. The number of phenolic OH excluding ortho intramolecular Hbond substituents is 1. The molecule has 0 fully saturated rings. The molecule has 0 aliphatic rings. The molecule has 2 aromatic rings. The van der Waals surface area contributed by atoms with E-state index in [4.69, 9.17) is 0 Å². The predicted molar refractivity (Wildman–Crippen MR) is 74.9 cm³/mol. The van der Waals surface area contributed by atoms with Crippen LogP contribution in [-0.2, 0) is 0 Å². The molecule has 3 nitrogen and oxygen atoms in total. The molecule has 2 rings (SSSR count). The van der Waals surface area contributed by atoms with Gasteiger partial charge in [-0.05, 0) is 58.7 Å². The van der Waals surface area contributed by atoms with E-state index in [2.05, 4.69) is 21.2 Å². The highest BCUT2D eigenvalue weighted by atomic mass is 79.9. The highest BCUT2D eigenvalue weighted by Crippen LogP contribution is 2.25. The Morgan fingerprint density at radius 2 is 2.05 bits per heavy atom. The topological polar surface area (TPSA) is 49.3 Å². The molecule has 0 aliphatic heterocycles. The fraction of sp³-hybridized carbons (Fsp3) is 0.0714. The molecule has 1 amide bonds. The third-order valence-electron chi connectivity index (χ3n) is 2.62. The Kier molecular flexibility index (Phi) is 3.85. The van der Waals surface area contributed by atoms with Gasteiger partial charge in [-0.3, -0.25) is 4.79 Å². The van der Waals surface area contributed by atoms with Crippen LogP contribution in [0.25, 0.3) is 0 Å². The van der Waals surface area contributed by atoms with Gasteiger partial charge >= 0.3 is 0 Å². The fourth-order valence-electron chi connectivity index (χ4n) is 1.62. The zero-order valence-electron chi connectivity index (χ0n) is 10.1. The summed E-state index contributed by atoms with van der Waals surface area (Å²) in [6.07, 6.45) is 0. The fourth-order valence-corrected chi connectivity index (χ4v) is 1.97. The number of carbonyl (C=O) groups is 1. The first-order chi connectivity index (χ1) is 8.97. The molecule has 0 spiro atoms. The van der Waals surface area contributed by atoms with Gasteiger partial charge < -0.3 is 10.4 Å². The van der Waals surface area contributed by atoms with Crippen LogP contribution in [0.5, 0.6) is 5.75 Å². The van der Waals surface area contributed by atoms with Crippen LogP contribution in [0.4, 0.5) is 10.1 Å². The lowest BCUT2D eigenvalue weighted by molar-refractivity contribution is 0.102. The van der Waals surface area contributed by atoms with E-state index < -0.39 is 0 Å². The van der Waals surface area contributed by atoms with Crippen LogP contribution < -0.4 is 5.32 Å². The van der Waals surface area contributed by atoms with E-state index in [1.54, 1.807) is 19.1 Å². The van der Waals surface area contributed by atoms with Gasteiger partial charge in [0.05, 0.1) is 4.47 Å². The van der Waals surface area contributed by atoms with Crippen LogP contribution >= 0.6 is 15.9 Å². The molecule has 2 aromatic carbocycles. The lowest BCUT2D eigenvalue weighted by atomic mass is 10.1. The molecule has 0 radical (unpaired) electrons. The SMILES string of the molecule is Cc1cc(F)c(Br)cc1NC(=O)c1cccc(O)c1. The lowest BCUT2D eigenvalue weighted by Crippen LogP contribution is -2.12. The quantitative estimate of drug-likeness (QED) is 0.881. The normalized spacial score (nSPS) is 10.3. The molecular formula is C14H11BrFNO2. The summed E-state index contributed by atoms with van der Waals surface area (Å²) in [5, 5.41) is 12.0. The van der Waals surface area contributed by atoms with Gasteiger partial charge in [-0.1, -0.05) is 6.07 Å². The van der Waals surface area contributed by atoms with Gasteiger partial charge in [-0.25, -0.2) is 4.39 Å². The smallest absolute Gasteiger partial charge is 0.255 e.